The third-order valence-electron chi connectivity index (χ3n) is 1.91. The van der Waals surface area contributed by atoms with Crippen molar-refractivity contribution in [2.75, 3.05) is 0 Å². The molecule has 0 amide bonds. The highest BCUT2D eigenvalue weighted by molar-refractivity contribution is 6.30. The van der Waals surface area contributed by atoms with E-state index in [2.05, 4.69) is 0 Å². The van der Waals surface area contributed by atoms with E-state index in [0.29, 0.717) is 5.02 Å². The highest BCUT2D eigenvalue weighted by Gasteiger charge is 2.05. The maximum absolute atomic E-state index is 9.28. The van der Waals surface area contributed by atoms with E-state index in [1.807, 2.05) is 35.0 Å². The Labute approximate surface area is 143 Å². The van der Waals surface area contributed by atoms with Crippen LogP contribution in [0.1, 0.15) is 44.6 Å². The molecule has 0 aliphatic carbocycles. The highest BCUT2D eigenvalue weighted by Crippen LogP contribution is 2.10. The molecule has 1 aromatic heterocycles. The lowest BCUT2D eigenvalue weighted by Crippen LogP contribution is -3.00. The van der Waals surface area contributed by atoms with Gasteiger partial charge in [-0.2, -0.15) is 4.57 Å². The lowest BCUT2D eigenvalue weighted by atomic mass is 10.3. The van der Waals surface area contributed by atoms with Crippen LogP contribution in [0.25, 0.3) is 5.69 Å². The molecule has 2 aromatic rings. The fraction of sp³-hybridized carbons (Fsp3) is 0.353. The predicted octanol–water partition coefficient (Wildman–Crippen LogP) is 3.14. The number of hydrogen-bond donors (Lipinski definition) is 1. The third-order valence-corrected chi connectivity index (χ3v) is 2.16. The van der Waals surface area contributed by atoms with Gasteiger partial charge in [0.15, 0.2) is 11.9 Å². The molecule has 1 heterocycles. The lowest BCUT2D eigenvalue weighted by molar-refractivity contribution is -0.596. The van der Waals surface area contributed by atoms with Crippen LogP contribution in [0.3, 0.4) is 0 Å². The molecule has 0 aliphatic heterocycles. The maximum Gasteiger partial charge on any atom is 0.216 e. The first-order chi connectivity index (χ1) is 6.75. The zero-order valence-corrected chi connectivity index (χ0v) is 9.28. The summed E-state index contributed by atoms with van der Waals surface area (Å²) in [5, 5.41) is 9.99. The van der Waals surface area contributed by atoms with E-state index in [1.165, 1.54) is 0 Å². The second kappa shape index (κ2) is 16.8. The molecule has 0 spiro atoms. The van der Waals surface area contributed by atoms with Gasteiger partial charge in [0.05, 0.1) is 0 Å². The number of pyridine rings is 1. The smallest absolute Gasteiger partial charge is 0.216 e. The highest BCUT2D eigenvalue weighted by atomic mass is 35.5. The van der Waals surface area contributed by atoms with Crippen LogP contribution >= 0.6 is 11.6 Å². The normalized spacial score (nSPS) is 6.71. The first-order valence-electron chi connectivity index (χ1n) is 4.22. The summed E-state index contributed by atoms with van der Waals surface area (Å²) in [7, 11) is 0. The Bertz CT molecular complexity index is 445. The maximum atomic E-state index is 9.28. The SMILES string of the molecule is C.C.C.C.C.C.Oc1ccc[n+](-c2ccc(Cl)cc2)c1.[Cl-]. The van der Waals surface area contributed by atoms with Gasteiger partial charge in [-0.05, 0) is 18.2 Å². The van der Waals surface area contributed by atoms with Gasteiger partial charge < -0.3 is 17.5 Å². The van der Waals surface area contributed by atoms with E-state index in [0.717, 1.165) is 5.69 Å². The molecule has 1 aromatic carbocycles. The van der Waals surface area contributed by atoms with Gasteiger partial charge in [0, 0.05) is 23.2 Å². The van der Waals surface area contributed by atoms with Crippen molar-refractivity contribution in [3.8, 4) is 11.4 Å². The minimum absolute atomic E-state index is 0. The van der Waals surface area contributed by atoms with Gasteiger partial charge in [-0.1, -0.05) is 56.2 Å². The summed E-state index contributed by atoms with van der Waals surface area (Å²) in [5.74, 6) is 0.238. The molecule has 126 valence electrons. The Balaban J connectivity index is -0.0000000804. The van der Waals surface area contributed by atoms with Gasteiger partial charge in [-0.15, -0.1) is 0 Å². The Morgan fingerprint density at radius 3 is 1.71 bits per heavy atom. The van der Waals surface area contributed by atoms with Crippen molar-refractivity contribution in [1.82, 2.24) is 0 Å². The molecule has 0 atom stereocenters. The van der Waals surface area contributed by atoms with Crippen molar-refractivity contribution in [2.24, 2.45) is 0 Å². The van der Waals surface area contributed by atoms with Gasteiger partial charge in [0.1, 0.15) is 0 Å². The van der Waals surface area contributed by atoms with E-state index < -0.39 is 0 Å². The summed E-state index contributed by atoms with van der Waals surface area (Å²) in [6.07, 6.45) is 3.51. The number of benzene rings is 1. The van der Waals surface area contributed by atoms with Crippen LogP contribution in [0.15, 0.2) is 48.8 Å². The molecule has 2 nitrogen and oxygen atoms in total. The summed E-state index contributed by atoms with van der Waals surface area (Å²) in [6, 6.07) is 10.8. The second-order valence-corrected chi connectivity index (χ2v) is 3.38. The van der Waals surface area contributed by atoms with Crippen LogP contribution in [0.5, 0.6) is 5.75 Å². The zero-order valence-electron chi connectivity index (χ0n) is 7.77. The Morgan fingerprint density at radius 1 is 0.810 bits per heavy atom. The lowest BCUT2D eigenvalue weighted by Gasteiger charge is -1.95. The quantitative estimate of drug-likeness (QED) is 0.794. The molecule has 0 fully saturated rings. The van der Waals surface area contributed by atoms with Gasteiger partial charge >= 0.3 is 0 Å². The van der Waals surface area contributed by atoms with Crippen LogP contribution in [-0.2, 0) is 0 Å². The van der Waals surface area contributed by atoms with Crippen molar-refractivity contribution >= 4 is 11.6 Å². The van der Waals surface area contributed by atoms with Crippen LogP contribution in [-0.4, -0.2) is 5.11 Å². The summed E-state index contributed by atoms with van der Waals surface area (Å²) in [4.78, 5) is 0. The van der Waals surface area contributed by atoms with Crippen molar-refractivity contribution in [1.29, 1.82) is 0 Å². The molecule has 0 unspecified atom stereocenters. The van der Waals surface area contributed by atoms with E-state index in [4.69, 9.17) is 11.6 Å². The Morgan fingerprint density at radius 2 is 1.29 bits per heavy atom. The summed E-state index contributed by atoms with van der Waals surface area (Å²) in [6.45, 7) is 0. The standard InChI is InChI=1S/C11H8ClNO.6CH4.ClH/c12-9-3-5-10(6-4-9)13-7-1-2-11(14)8-13;;;;;;;/h1-8H;6*1H4;1H. The minimum Gasteiger partial charge on any atom is -1.00 e. The zero-order chi connectivity index (χ0) is 9.97. The summed E-state index contributed by atoms with van der Waals surface area (Å²) >= 11 is 5.77. The molecule has 1 N–H and O–H groups in total. The molecule has 0 aliphatic rings. The van der Waals surface area contributed by atoms with Crippen LogP contribution in [0.4, 0.5) is 0 Å². The molecule has 0 bridgehead atoms. The van der Waals surface area contributed by atoms with E-state index >= 15 is 0 Å². The van der Waals surface area contributed by atoms with Crippen molar-refractivity contribution in [3.63, 3.8) is 0 Å². The summed E-state index contributed by atoms with van der Waals surface area (Å²) < 4.78 is 1.83. The molecule has 0 saturated heterocycles. The predicted molar refractivity (Wildman–Crippen MR) is 95.0 cm³/mol. The minimum atomic E-state index is 0. The number of hydrogen-bond acceptors (Lipinski definition) is 1. The summed E-state index contributed by atoms with van der Waals surface area (Å²) in [5.41, 5.74) is 0.963. The largest absolute Gasteiger partial charge is 1.00 e. The van der Waals surface area contributed by atoms with Crippen LogP contribution in [0, 0.1) is 0 Å². The monoisotopic (exact) mass is 337 g/mol. The Hall–Kier alpha value is -1.25. The topological polar surface area (TPSA) is 24.1 Å². The van der Waals surface area contributed by atoms with Crippen molar-refractivity contribution in [2.45, 2.75) is 44.6 Å². The molecular formula is C17H33Cl2NO. The number of halogens is 2. The fourth-order valence-electron chi connectivity index (χ4n) is 1.24. The van der Waals surface area contributed by atoms with E-state index in [-0.39, 0.29) is 62.7 Å². The molecule has 2 rings (SSSR count). The molecule has 21 heavy (non-hydrogen) atoms. The first kappa shape index (κ1) is 36.7. The van der Waals surface area contributed by atoms with Crippen LogP contribution < -0.4 is 17.0 Å². The van der Waals surface area contributed by atoms with Gasteiger partial charge in [-0.3, -0.25) is 0 Å². The van der Waals surface area contributed by atoms with Gasteiger partial charge in [0.2, 0.25) is 11.9 Å². The molecule has 0 saturated carbocycles. The second-order valence-electron chi connectivity index (χ2n) is 2.95. The fourth-order valence-corrected chi connectivity index (χ4v) is 1.36. The number of nitrogens with zero attached hydrogens (tertiary/aromatic N) is 1. The Kier molecular flexibility index (Phi) is 29.4. The average molecular weight is 338 g/mol. The average Bonchev–Trinajstić information content (AvgIpc) is 2.19. The van der Waals surface area contributed by atoms with Crippen molar-refractivity contribution < 1.29 is 22.1 Å². The number of rotatable bonds is 1. The van der Waals surface area contributed by atoms with E-state index in [9.17, 15) is 5.11 Å². The first-order valence-corrected chi connectivity index (χ1v) is 4.60. The molecule has 0 radical (unpaired) electrons. The van der Waals surface area contributed by atoms with Crippen molar-refractivity contribution in [3.05, 3.63) is 53.8 Å². The number of aromatic nitrogens is 1. The third kappa shape index (κ3) is 10.2. The van der Waals surface area contributed by atoms with Gasteiger partial charge in [-0.25, -0.2) is 0 Å². The van der Waals surface area contributed by atoms with Gasteiger partial charge in [0.25, 0.3) is 0 Å². The number of aromatic hydroxyl groups is 1. The van der Waals surface area contributed by atoms with Crippen LogP contribution in [0.2, 0.25) is 5.02 Å². The molecule has 4 heteroatoms. The van der Waals surface area contributed by atoms with E-state index in [1.54, 1.807) is 18.3 Å². The molecular weight excluding hydrogens is 305 g/mol.